The van der Waals surface area contributed by atoms with Gasteiger partial charge in [-0.1, -0.05) is 72.8 Å². The van der Waals surface area contributed by atoms with Crippen LogP contribution in [0.15, 0.2) is 134 Å². The maximum absolute atomic E-state index is 5.12. The van der Waals surface area contributed by atoms with Gasteiger partial charge in [0.25, 0.3) is 0 Å². The van der Waals surface area contributed by atoms with Gasteiger partial charge < -0.3 is 0 Å². The van der Waals surface area contributed by atoms with Gasteiger partial charge in [0.15, 0.2) is 0 Å². The first-order valence-electron chi connectivity index (χ1n) is 13.0. The maximum atomic E-state index is 5.12. The Morgan fingerprint density at radius 3 is 1.38 bits per heavy atom. The Bertz CT molecular complexity index is 1840. The van der Waals surface area contributed by atoms with Crippen LogP contribution in [0.1, 0.15) is 12.5 Å². The van der Waals surface area contributed by atoms with Crippen molar-refractivity contribution in [2.75, 3.05) is 0 Å². The van der Waals surface area contributed by atoms with E-state index in [1.54, 1.807) is 0 Å². The lowest BCUT2D eigenvalue weighted by Gasteiger charge is -2.14. The summed E-state index contributed by atoms with van der Waals surface area (Å²) < 4.78 is 4.47. The van der Waals surface area contributed by atoms with Crippen molar-refractivity contribution in [2.24, 2.45) is 0 Å². The van der Waals surface area contributed by atoms with E-state index < -0.39 is 0 Å². The molecule has 2 heterocycles. The fraction of sp³-hybridized carbons (Fsp3) is 0.0286. The molecule has 0 saturated carbocycles. The van der Waals surface area contributed by atoms with Crippen molar-refractivity contribution in [1.82, 2.24) is 19.1 Å². The van der Waals surface area contributed by atoms with E-state index in [-0.39, 0.29) is 0 Å². The second kappa shape index (κ2) is 9.26. The third-order valence-electron chi connectivity index (χ3n) is 7.09. The molecule has 0 amide bonds. The van der Waals surface area contributed by atoms with Crippen LogP contribution in [0.2, 0.25) is 0 Å². The number of benzene rings is 5. The third kappa shape index (κ3) is 3.94. The highest BCUT2D eigenvalue weighted by molar-refractivity contribution is 5.87. The van der Waals surface area contributed by atoms with Crippen molar-refractivity contribution in [3.63, 3.8) is 0 Å². The Kier molecular flexibility index (Phi) is 5.45. The lowest BCUT2D eigenvalue weighted by atomic mass is 10.0. The number of aromatic nitrogens is 4. The average Bonchev–Trinajstić information content (AvgIpc) is 3.57. The topological polar surface area (TPSA) is 35.6 Å². The van der Waals surface area contributed by atoms with Gasteiger partial charge in [0.1, 0.15) is 11.6 Å². The van der Waals surface area contributed by atoms with Crippen LogP contribution in [-0.4, -0.2) is 19.1 Å². The van der Waals surface area contributed by atoms with E-state index in [1.165, 1.54) is 0 Å². The predicted octanol–water partition coefficient (Wildman–Crippen LogP) is 8.73. The van der Waals surface area contributed by atoms with Crippen LogP contribution in [0.3, 0.4) is 0 Å². The van der Waals surface area contributed by atoms with E-state index in [4.69, 9.17) is 9.97 Å². The molecule has 4 nitrogen and oxygen atoms in total. The third-order valence-corrected chi connectivity index (χ3v) is 7.09. The van der Waals surface area contributed by atoms with Gasteiger partial charge in [-0.2, -0.15) is 0 Å². The second-order valence-electron chi connectivity index (χ2n) is 9.77. The molecule has 186 valence electrons. The highest BCUT2D eigenvalue weighted by atomic mass is 15.1. The number of allylic oxidation sites excluding steroid dienone is 1. The monoisotopic (exact) mass is 502 g/mol. The lowest BCUT2D eigenvalue weighted by Crippen LogP contribution is -2.00. The highest BCUT2D eigenvalue weighted by Crippen LogP contribution is 2.35. The van der Waals surface area contributed by atoms with Gasteiger partial charge in [0.05, 0.1) is 22.1 Å². The van der Waals surface area contributed by atoms with Gasteiger partial charge in [0.2, 0.25) is 0 Å². The number of rotatable bonds is 5. The van der Waals surface area contributed by atoms with Gasteiger partial charge in [-0.25, -0.2) is 9.97 Å². The molecule has 0 saturated heterocycles. The van der Waals surface area contributed by atoms with Crippen LogP contribution in [0.25, 0.3) is 61.8 Å². The Morgan fingerprint density at radius 2 is 0.949 bits per heavy atom. The van der Waals surface area contributed by atoms with Crippen LogP contribution >= 0.6 is 0 Å². The summed E-state index contributed by atoms with van der Waals surface area (Å²) in [7, 11) is 0. The Hall–Kier alpha value is -5.22. The van der Waals surface area contributed by atoms with E-state index in [2.05, 4.69) is 119 Å². The lowest BCUT2D eigenvalue weighted by molar-refractivity contribution is 1.09. The molecule has 0 bridgehead atoms. The minimum Gasteiger partial charge on any atom is -0.292 e. The molecular weight excluding hydrogens is 476 g/mol. The summed E-state index contributed by atoms with van der Waals surface area (Å²) in [6, 6.07) is 43.9. The van der Waals surface area contributed by atoms with Gasteiger partial charge in [-0.3, -0.25) is 9.13 Å². The zero-order valence-electron chi connectivity index (χ0n) is 21.6. The minimum absolute atomic E-state index is 0.883. The fourth-order valence-electron chi connectivity index (χ4n) is 5.25. The molecule has 7 rings (SSSR count). The molecule has 0 spiro atoms. The molecule has 0 atom stereocenters. The molecule has 0 aliphatic rings. The number of imidazole rings is 2. The summed E-state index contributed by atoms with van der Waals surface area (Å²) in [5, 5.41) is 0. The highest BCUT2D eigenvalue weighted by Gasteiger charge is 2.19. The summed E-state index contributed by atoms with van der Waals surface area (Å²) in [6.45, 7) is 6.33. The molecule has 7 aromatic rings. The predicted molar refractivity (Wildman–Crippen MR) is 161 cm³/mol. The number of hydrogen-bond donors (Lipinski definition) is 0. The SMILES string of the molecule is C=C(C)c1cc(-c2nc3ccccc3n2-c2ccccc2)cc(-c2nc3ccccc3n2-c2ccccc2)c1. The first-order chi connectivity index (χ1) is 19.2. The largest absolute Gasteiger partial charge is 0.292 e. The van der Waals surface area contributed by atoms with Crippen LogP contribution in [0.5, 0.6) is 0 Å². The summed E-state index contributed by atoms with van der Waals surface area (Å²) in [5.41, 5.74) is 10.2. The Morgan fingerprint density at radius 1 is 0.538 bits per heavy atom. The average molecular weight is 503 g/mol. The second-order valence-corrected chi connectivity index (χ2v) is 9.77. The van der Waals surface area contributed by atoms with E-state index in [9.17, 15) is 0 Å². The summed E-state index contributed by atoms with van der Waals surface area (Å²) in [6.07, 6.45) is 0. The molecule has 0 aliphatic heterocycles. The minimum atomic E-state index is 0.883. The summed E-state index contributed by atoms with van der Waals surface area (Å²) in [5.74, 6) is 1.77. The van der Waals surface area contributed by atoms with Gasteiger partial charge >= 0.3 is 0 Å². The van der Waals surface area contributed by atoms with E-state index in [0.717, 1.165) is 67.4 Å². The van der Waals surface area contributed by atoms with Crippen LogP contribution < -0.4 is 0 Å². The smallest absolute Gasteiger partial charge is 0.145 e. The van der Waals surface area contributed by atoms with Crippen molar-refractivity contribution in [3.8, 4) is 34.2 Å². The molecule has 4 heteroatoms. The van der Waals surface area contributed by atoms with Crippen LogP contribution in [-0.2, 0) is 0 Å². The maximum Gasteiger partial charge on any atom is 0.145 e. The van der Waals surface area contributed by atoms with Gasteiger partial charge in [-0.05, 0) is 79.2 Å². The zero-order valence-corrected chi connectivity index (χ0v) is 21.6. The molecule has 0 N–H and O–H groups in total. The van der Waals surface area contributed by atoms with Gasteiger partial charge in [-0.15, -0.1) is 0 Å². The molecule has 5 aromatic carbocycles. The molecule has 0 fully saturated rings. The van der Waals surface area contributed by atoms with E-state index in [0.29, 0.717) is 0 Å². The van der Waals surface area contributed by atoms with E-state index >= 15 is 0 Å². The molecule has 0 unspecified atom stereocenters. The fourth-order valence-corrected chi connectivity index (χ4v) is 5.25. The number of nitrogens with zero attached hydrogens (tertiary/aromatic N) is 4. The molecule has 39 heavy (non-hydrogen) atoms. The van der Waals surface area contributed by atoms with Crippen molar-refractivity contribution in [1.29, 1.82) is 0 Å². The normalized spacial score (nSPS) is 11.3. The van der Waals surface area contributed by atoms with E-state index in [1.807, 2.05) is 31.2 Å². The molecule has 0 aliphatic carbocycles. The van der Waals surface area contributed by atoms with Crippen molar-refractivity contribution < 1.29 is 0 Å². The number of hydrogen-bond acceptors (Lipinski definition) is 2. The zero-order chi connectivity index (χ0) is 26.3. The summed E-state index contributed by atoms with van der Waals surface area (Å²) >= 11 is 0. The van der Waals surface area contributed by atoms with Crippen molar-refractivity contribution in [3.05, 3.63) is 140 Å². The van der Waals surface area contributed by atoms with Gasteiger partial charge in [0, 0.05) is 22.5 Å². The first kappa shape index (κ1) is 22.9. The molecule has 0 radical (unpaired) electrons. The molecular formula is C35H26N4. The standard InChI is InChI=1S/C35H26N4/c1-24(2)25-21-26(34-36-30-17-9-11-19-32(30)38(34)28-13-5-3-6-14-28)23-27(22-25)35-37-31-18-10-12-20-33(31)39(35)29-15-7-4-8-16-29/h3-23H,1H2,2H3. The van der Waals surface area contributed by atoms with Crippen LogP contribution in [0, 0.1) is 0 Å². The summed E-state index contributed by atoms with van der Waals surface area (Å²) in [4.78, 5) is 10.2. The number of para-hydroxylation sites is 6. The van der Waals surface area contributed by atoms with Crippen molar-refractivity contribution >= 4 is 27.6 Å². The molecule has 2 aromatic heterocycles. The Labute approximate surface area is 227 Å². The van der Waals surface area contributed by atoms with Crippen LogP contribution in [0.4, 0.5) is 0 Å². The number of fused-ring (bicyclic) bond motifs is 2. The van der Waals surface area contributed by atoms with Crippen molar-refractivity contribution in [2.45, 2.75) is 6.92 Å². The first-order valence-corrected chi connectivity index (χ1v) is 13.0. The quantitative estimate of drug-likeness (QED) is 0.236. The Balaban J connectivity index is 1.53.